The third-order valence-electron chi connectivity index (χ3n) is 4.53. The number of hydrogen-bond acceptors (Lipinski definition) is 2. The quantitative estimate of drug-likeness (QED) is 0.658. The van der Waals surface area contributed by atoms with E-state index in [1.54, 1.807) is 0 Å². The molecule has 1 aliphatic heterocycles. The SMILES string of the molecule is CN=C(NC1CC1)NC1CCN(C(C)c2ccccc2)C1. The molecule has 2 unspecified atom stereocenters. The first-order valence-corrected chi connectivity index (χ1v) is 8.05. The Bertz CT molecular complexity index is 481. The maximum atomic E-state index is 4.34. The normalized spacial score (nSPS) is 24.9. The van der Waals surface area contributed by atoms with E-state index in [0.717, 1.165) is 19.0 Å². The maximum Gasteiger partial charge on any atom is 0.191 e. The van der Waals surface area contributed by atoms with Crippen LogP contribution in [0.15, 0.2) is 35.3 Å². The van der Waals surface area contributed by atoms with Crippen LogP contribution < -0.4 is 10.6 Å². The number of likely N-dealkylation sites (tertiary alicyclic amines) is 1. The van der Waals surface area contributed by atoms with Crippen LogP contribution in [-0.4, -0.2) is 43.1 Å². The Morgan fingerprint density at radius 1 is 1.14 bits per heavy atom. The minimum absolute atomic E-state index is 0.483. The molecule has 2 aliphatic rings. The van der Waals surface area contributed by atoms with E-state index in [2.05, 4.69) is 57.8 Å². The highest BCUT2D eigenvalue weighted by Gasteiger charge is 2.28. The third-order valence-corrected chi connectivity index (χ3v) is 4.53. The van der Waals surface area contributed by atoms with Crippen molar-refractivity contribution >= 4 is 5.96 Å². The Labute approximate surface area is 127 Å². The topological polar surface area (TPSA) is 39.7 Å². The maximum absolute atomic E-state index is 4.34. The summed E-state index contributed by atoms with van der Waals surface area (Å²) < 4.78 is 0. The second-order valence-electron chi connectivity index (χ2n) is 6.20. The molecule has 0 spiro atoms. The lowest BCUT2D eigenvalue weighted by Crippen LogP contribution is -2.45. The van der Waals surface area contributed by atoms with Crippen molar-refractivity contribution < 1.29 is 0 Å². The lowest BCUT2D eigenvalue weighted by Gasteiger charge is -2.25. The summed E-state index contributed by atoms with van der Waals surface area (Å²) in [5, 5.41) is 7.03. The summed E-state index contributed by atoms with van der Waals surface area (Å²) in [5.74, 6) is 0.969. The van der Waals surface area contributed by atoms with Gasteiger partial charge < -0.3 is 10.6 Å². The van der Waals surface area contributed by atoms with Crippen LogP contribution in [0.1, 0.15) is 37.8 Å². The van der Waals surface area contributed by atoms with Crippen molar-refractivity contribution in [3.05, 3.63) is 35.9 Å². The summed E-state index contributed by atoms with van der Waals surface area (Å²) in [5.41, 5.74) is 1.40. The smallest absolute Gasteiger partial charge is 0.191 e. The summed E-state index contributed by atoms with van der Waals surface area (Å²) in [7, 11) is 1.86. The van der Waals surface area contributed by atoms with E-state index in [0.29, 0.717) is 18.1 Å². The van der Waals surface area contributed by atoms with Gasteiger partial charge in [0.25, 0.3) is 0 Å². The highest BCUT2D eigenvalue weighted by molar-refractivity contribution is 5.80. The lowest BCUT2D eigenvalue weighted by molar-refractivity contribution is 0.258. The van der Waals surface area contributed by atoms with Crippen LogP contribution >= 0.6 is 0 Å². The number of hydrogen-bond donors (Lipinski definition) is 2. The number of nitrogens with zero attached hydrogens (tertiary/aromatic N) is 2. The fourth-order valence-electron chi connectivity index (χ4n) is 2.98. The zero-order valence-corrected chi connectivity index (χ0v) is 13.0. The molecule has 0 amide bonds. The Morgan fingerprint density at radius 2 is 1.86 bits per heavy atom. The minimum Gasteiger partial charge on any atom is -0.354 e. The molecule has 0 bridgehead atoms. The van der Waals surface area contributed by atoms with E-state index in [1.807, 2.05) is 7.05 Å². The largest absolute Gasteiger partial charge is 0.354 e. The van der Waals surface area contributed by atoms with Crippen LogP contribution in [0, 0.1) is 0 Å². The zero-order valence-electron chi connectivity index (χ0n) is 13.0. The standard InChI is InChI=1S/C17H26N4/c1-13(14-6-4-3-5-7-14)21-11-10-16(12-21)20-17(18-2)19-15-8-9-15/h3-7,13,15-16H,8-12H2,1-2H3,(H2,18,19,20). The predicted octanol–water partition coefficient (Wildman–Crippen LogP) is 2.15. The number of benzene rings is 1. The first-order valence-electron chi connectivity index (χ1n) is 8.05. The van der Waals surface area contributed by atoms with E-state index in [4.69, 9.17) is 0 Å². The first-order chi connectivity index (χ1) is 10.3. The Hall–Kier alpha value is -1.55. The van der Waals surface area contributed by atoms with Crippen LogP contribution in [0.2, 0.25) is 0 Å². The fourth-order valence-corrected chi connectivity index (χ4v) is 2.98. The molecule has 0 radical (unpaired) electrons. The molecule has 1 saturated carbocycles. The van der Waals surface area contributed by atoms with Crippen molar-refractivity contribution in [2.75, 3.05) is 20.1 Å². The van der Waals surface area contributed by atoms with Gasteiger partial charge in [-0.05, 0) is 31.7 Å². The molecular weight excluding hydrogens is 260 g/mol. The highest BCUT2D eigenvalue weighted by atomic mass is 15.3. The predicted molar refractivity (Wildman–Crippen MR) is 87.5 cm³/mol. The average molecular weight is 286 g/mol. The van der Waals surface area contributed by atoms with Crippen molar-refractivity contribution in [2.45, 2.75) is 44.3 Å². The van der Waals surface area contributed by atoms with E-state index in [9.17, 15) is 0 Å². The molecule has 3 rings (SSSR count). The van der Waals surface area contributed by atoms with Crippen LogP contribution in [0.5, 0.6) is 0 Å². The van der Waals surface area contributed by atoms with Crippen molar-refractivity contribution in [2.24, 2.45) is 4.99 Å². The van der Waals surface area contributed by atoms with Gasteiger partial charge >= 0.3 is 0 Å². The number of aliphatic imine (C=N–C) groups is 1. The van der Waals surface area contributed by atoms with Crippen LogP contribution in [0.3, 0.4) is 0 Å². The Morgan fingerprint density at radius 3 is 2.52 bits per heavy atom. The Kier molecular flexibility index (Phi) is 4.44. The molecule has 1 saturated heterocycles. The molecule has 1 aliphatic carbocycles. The van der Waals surface area contributed by atoms with Gasteiger partial charge in [-0.3, -0.25) is 9.89 Å². The molecule has 2 fully saturated rings. The van der Waals surface area contributed by atoms with Gasteiger partial charge in [0, 0.05) is 38.3 Å². The van der Waals surface area contributed by atoms with Gasteiger partial charge in [0.2, 0.25) is 0 Å². The van der Waals surface area contributed by atoms with Gasteiger partial charge in [-0.25, -0.2) is 0 Å². The number of nitrogens with one attached hydrogen (secondary N) is 2. The van der Waals surface area contributed by atoms with Gasteiger partial charge in [-0.15, -0.1) is 0 Å². The number of rotatable bonds is 4. The molecule has 1 aromatic rings. The second-order valence-corrected chi connectivity index (χ2v) is 6.20. The van der Waals surface area contributed by atoms with Crippen molar-refractivity contribution in [3.63, 3.8) is 0 Å². The first kappa shape index (κ1) is 14.4. The van der Waals surface area contributed by atoms with Gasteiger partial charge in [-0.1, -0.05) is 30.3 Å². The molecule has 1 heterocycles. The fraction of sp³-hybridized carbons (Fsp3) is 0.588. The molecular formula is C17H26N4. The molecule has 1 aromatic carbocycles. The highest BCUT2D eigenvalue weighted by Crippen LogP contribution is 2.24. The van der Waals surface area contributed by atoms with Crippen molar-refractivity contribution in [1.82, 2.24) is 15.5 Å². The average Bonchev–Trinajstić information content (AvgIpc) is 3.22. The summed E-state index contributed by atoms with van der Waals surface area (Å²) in [4.78, 5) is 6.89. The molecule has 2 atom stereocenters. The van der Waals surface area contributed by atoms with E-state index in [-0.39, 0.29) is 0 Å². The molecule has 114 valence electrons. The molecule has 21 heavy (non-hydrogen) atoms. The lowest BCUT2D eigenvalue weighted by atomic mass is 10.1. The van der Waals surface area contributed by atoms with Gasteiger partial charge in [-0.2, -0.15) is 0 Å². The minimum atomic E-state index is 0.483. The summed E-state index contributed by atoms with van der Waals surface area (Å²) in [6, 6.07) is 12.4. The van der Waals surface area contributed by atoms with Gasteiger partial charge in [0.1, 0.15) is 0 Å². The van der Waals surface area contributed by atoms with E-state index < -0.39 is 0 Å². The molecule has 4 nitrogen and oxygen atoms in total. The van der Waals surface area contributed by atoms with Gasteiger partial charge in [0.15, 0.2) is 5.96 Å². The summed E-state index contributed by atoms with van der Waals surface area (Å²) in [6.07, 6.45) is 3.74. The van der Waals surface area contributed by atoms with Crippen LogP contribution in [0.4, 0.5) is 0 Å². The van der Waals surface area contributed by atoms with Crippen LogP contribution in [0.25, 0.3) is 0 Å². The monoisotopic (exact) mass is 286 g/mol. The van der Waals surface area contributed by atoms with E-state index >= 15 is 0 Å². The van der Waals surface area contributed by atoms with Crippen molar-refractivity contribution in [3.8, 4) is 0 Å². The summed E-state index contributed by atoms with van der Waals surface area (Å²) >= 11 is 0. The zero-order chi connectivity index (χ0) is 14.7. The van der Waals surface area contributed by atoms with Gasteiger partial charge in [0.05, 0.1) is 0 Å². The van der Waals surface area contributed by atoms with Crippen molar-refractivity contribution in [1.29, 1.82) is 0 Å². The summed E-state index contributed by atoms with van der Waals surface area (Å²) in [6.45, 7) is 4.53. The molecule has 0 aromatic heterocycles. The Balaban J connectivity index is 1.52. The van der Waals surface area contributed by atoms with E-state index in [1.165, 1.54) is 24.8 Å². The number of guanidine groups is 1. The van der Waals surface area contributed by atoms with Crippen LogP contribution in [-0.2, 0) is 0 Å². The molecule has 4 heteroatoms. The molecule has 2 N–H and O–H groups in total. The second kappa shape index (κ2) is 6.48. The third kappa shape index (κ3) is 3.76.